The molecule has 6 heteroatoms. The number of hydrogen-bond acceptors (Lipinski definition) is 5. The van der Waals surface area contributed by atoms with Gasteiger partial charge in [-0.05, 0) is 51.4 Å². The number of esters is 1. The average molecular weight is 860 g/mol. The van der Waals surface area contributed by atoms with Crippen molar-refractivity contribution in [2.45, 2.75) is 302 Å². The van der Waals surface area contributed by atoms with Gasteiger partial charge in [-0.1, -0.05) is 250 Å². The maximum Gasteiger partial charge on any atom is 0.305 e. The first-order valence-electron chi connectivity index (χ1n) is 27.1. The van der Waals surface area contributed by atoms with Gasteiger partial charge in [-0.15, -0.1) is 0 Å². The van der Waals surface area contributed by atoms with Gasteiger partial charge >= 0.3 is 5.97 Å². The first kappa shape index (κ1) is 59.3. The Morgan fingerprint density at radius 2 is 0.787 bits per heavy atom. The lowest BCUT2D eigenvalue weighted by Gasteiger charge is -2.19. The van der Waals surface area contributed by atoms with Crippen LogP contribution in [-0.2, 0) is 14.3 Å². The number of amides is 1. The zero-order valence-electron chi connectivity index (χ0n) is 40.9. The second-order valence-electron chi connectivity index (χ2n) is 18.6. The van der Waals surface area contributed by atoms with E-state index in [1.54, 1.807) is 6.08 Å². The van der Waals surface area contributed by atoms with Crippen molar-refractivity contribution in [1.82, 2.24) is 5.32 Å². The zero-order chi connectivity index (χ0) is 44.4. The summed E-state index contributed by atoms with van der Waals surface area (Å²) in [6.07, 6.45) is 60.5. The number of aliphatic hydroxyl groups is 2. The van der Waals surface area contributed by atoms with E-state index < -0.39 is 12.1 Å². The first-order chi connectivity index (χ1) is 30.0. The zero-order valence-corrected chi connectivity index (χ0v) is 40.9. The minimum Gasteiger partial charge on any atom is -0.466 e. The van der Waals surface area contributed by atoms with Crippen LogP contribution in [0.15, 0.2) is 24.3 Å². The molecule has 2 unspecified atom stereocenters. The predicted octanol–water partition coefficient (Wildman–Crippen LogP) is 16.3. The molecule has 360 valence electrons. The molecule has 0 aliphatic carbocycles. The Hall–Kier alpha value is -1.66. The van der Waals surface area contributed by atoms with Crippen molar-refractivity contribution in [3.63, 3.8) is 0 Å². The monoisotopic (exact) mass is 860 g/mol. The Labute approximate surface area is 380 Å². The van der Waals surface area contributed by atoms with E-state index in [2.05, 4.69) is 31.3 Å². The van der Waals surface area contributed by atoms with Crippen molar-refractivity contribution >= 4 is 11.9 Å². The number of carbonyl (C=O) groups is 2. The molecule has 0 saturated carbocycles. The summed E-state index contributed by atoms with van der Waals surface area (Å²) in [5, 5.41) is 23.1. The second kappa shape index (κ2) is 51.0. The van der Waals surface area contributed by atoms with Gasteiger partial charge in [0.25, 0.3) is 0 Å². The largest absolute Gasteiger partial charge is 0.466 e. The van der Waals surface area contributed by atoms with E-state index in [1.165, 1.54) is 193 Å². The Morgan fingerprint density at radius 1 is 0.443 bits per heavy atom. The fourth-order valence-corrected chi connectivity index (χ4v) is 8.28. The topological polar surface area (TPSA) is 95.9 Å². The van der Waals surface area contributed by atoms with Crippen LogP contribution in [0.3, 0.4) is 0 Å². The molecular weight excluding hydrogens is 755 g/mol. The fraction of sp³-hybridized carbons (Fsp3) is 0.891. The van der Waals surface area contributed by atoms with Gasteiger partial charge in [-0.25, -0.2) is 0 Å². The van der Waals surface area contributed by atoms with Crippen LogP contribution in [-0.4, -0.2) is 47.4 Å². The van der Waals surface area contributed by atoms with Crippen LogP contribution < -0.4 is 5.32 Å². The van der Waals surface area contributed by atoms with Crippen molar-refractivity contribution in [3.05, 3.63) is 24.3 Å². The van der Waals surface area contributed by atoms with Crippen molar-refractivity contribution in [2.24, 2.45) is 0 Å². The SMILES string of the molecule is CCCCCCCCCCCCCCCCCCCCCC/C=C/C(O)C(CO)NC(=O)CCC/C=C\CCCCCCOC(=O)CCCCCCCCCCCCCCC. The van der Waals surface area contributed by atoms with Crippen molar-refractivity contribution < 1.29 is 24.5 Å². The van der Waals surface area contributed by atoms with Gasteiger partial charge in [-0.2, -0.15) is 0 Å². The highest BCUT2D eigenvalue weighted by molar-refractivity contribution is 5.76. The van der Waals surface area contributed by atoms with Crippen LogP contribution in [0.1, 0.15) is 290 Å². The van der Waals surface area contributed by atoms with Gasteiger partial charge in [-0.3, -0.25) is 9.59 Å². The lowest BCUT2D eigenvalue weighted by Crippen LogP contribution is -2.45. The number of unbranched alkanes of at least 4 members (excludes halogenated alkanes) is 37. The van der Waals surface area contributed by atoms with Crippen LogP contribution in [0.5, 0.6) is 0 Å². The molecule has 2 atom stereocenters. The number of carbonyl (C=O) groups excluding carboxylic acids is 2. The Balaban J connectivity index is 3.56. The van der Waals surface area contributed by atoms with Gasteiger partial charge in [0.1, 0.15) is 0 Å². The van der Waals surface area contributed by atoms with E-state index in [1.807, 2.05) is 6.08 Å². The van der Waals surface area contributed by atoms with Gasteiger partial charge in [0.2, 0.25) is 5.91 Å². The van der Waals surface area contributed by atoms with Crippen molar-refractivity contribution in [3.8, 4) is 0 Å². The molecule has 0 rings (SSSR count). The molecular formula is C55H105NO5. The summed E-state index contributed by atoms with van der Waals surface area (Å²) in [5.74, 6) is -0.162. The lowest BCUT2D eigenvalue weighted by molar-refractivity contribution is -0.143. The molecule has 0 heterocycles. The number of aliphatic hydroxyl groups excluding tert-OH is 2. The summed E-state index contributed by atoms with van der Waals surface area (Å²) in [5.41, 5.74) is 0. The third-order valence-corrected chi connectivity index (χ3v) is 12.5. The molecule has 1 amide bonds. The molecule has 0 aromatic rings. The summed E-state index contributed by atoms with van der Waals surface area (Å²) < 4.78 is 5.43. The molecule has 3 N–H and O–H groups in total. The van der Waals surface area contributed by atoms with Gasteiger partial charge < -0.3 is 20.3 Å². The highest BCUT2D eigenvalue weighted by atomic mass is 16.5. The number of allylic oxidation sites excluding steroid dienone is 3. The number of hydrogen-bond donors (Lipinski definition) is 3. The number of ether oxygens (including phenoxy) is 1. The summed E-state index contributed by atoms with van der Waals surface area (Å²) in [4.78, 5) is 24.4. The van der Waals surface area contributed by atoms with Gasteiger partial charge in [0.15, 0.2) is 0 Å². The molecule has 0 aliphatic rings. The molecule has 0 fully saturated rings. The van der Waals surface area contributed by atoms with Crippen LogP contribution in [0.2, 0.25) is 0 Å². The quantitative estimate of drug-likeness (QED) is 0.0322. The molecule has 0 spiro atoms. The van der Waals surface area contributed by atoms with Crippen LogP contribution in [0, 0.1) is 0 Å². The minimum atomic E-state index is -0.875. The normalized spacial score (nSPS) is 12.8. The van der Waals surface area contributed by atoms with Gasteiger partial charge in [0.05, 0.1) is 25.4 Å². The highest BCUT2D eigenvalue weighted by Gasteiger charge is 2.18. The molecule has 61 heavy (non-hydrogen) atoms. The molecule has 0 aliphatic heterocycles. The Kier molecular flexibility index (Phi) is 49.6. The van der Waals surface area contributed by atoms with Crippen molar-refractivity contribution in [2.75, 3.05) is 13.2 Å². The van der Waals surface area contributed by atoms with E-state index >= 15 is 0 Å². The third kappa shape index (κ3) is 47.7. The van der Waals surface area contributed by atoms with E-state index in [9.17, 15) is 19.8 Å². The van der Waals surface area contributed by atoms with Crippen molar-refractivity contribution in [1.29, 1.82) is 0 Å². The molecule has 0 saturated heterocycles. The van der Waals surface area contributed by atoms with E-state index in [4.69, 9.17) is 4.74 Å². The number of rotatable bonds is 50. The Bertz CT molecular complexity index is 951. The molecule has 0 aromatic heterocycles. The highest BCUT2D eigenvalue weighted by Crippen LogP contribution is 2.16. The number of nitrogens with one attached hydrogen (secondary N) is 1. The second-order valence-corrected chi connectivity index (χ2v) is 18.6. The molecule has 0 bridgehead atoms. The molecule has 0 aromatic carbocycles. The lowest BCUT2D eigenvalue weighted by atomic mass is 10.0. The smallest absolute Gasteiger partial charge is 0.305 e. The van der Waals surface area contributed by atoms with Gasteiger partial charge in [0, 0.05) is 12.8 Å². The standard InChI is InChI=1S/C55H105NO5/c1-3-5-7-9-11-13-15-17-18-19-20-21-22-23-24-25-27-28-31-35-39-43-47-53(58)52(51-57)56-54(59)48-44-40-36-32-30-34-38-42-46-50-61-55(60)49-45-41-37-33-29-26-16-14-12-10-8-6-4-2/h32,36,43,47,52-53,57-58H,3-31,33-35,37-42,44-46,48-51H2,1-2H3,(H,56,59)/b36-32-,47-43+. The van der Waals surface area contributed by atoms with E-state index in [-0.39, 0.29) is 18.5 Å². The maximum atomic E-state index is 12.4. The van der Waals surface area contributed by atoms with E-state index in [0.717, 1.165) is 70.6 Å². The molecule has 6 nitrogen and oxygen atoms in total. The summed E-state index contributed by atoms with van der Waals surface area (Å²) in [6.45, 7) is 4.82. The summed E-state index contributed by atoms with van der Waals surface area (Å²) in [6, 6.07) is -0.665. The molecule has 0 radical (unpaired) electrons. The predicted molar refractivity (Wildman–Crippen MR) is 264 cm³/mol. The van der Waals surface area contributed by atoms with E-state index in [0.29, 0.717) is 19.4 Å². The fourth-order valence-electron chi connectivity index (χ4n) is 8.28. The van der Waals surface area contributed by atoms with Crippen LogP contribution in [0.25, 0.3) is 0 Å². The summed E-state index contributed by atoms with van der Waals surface area (Å²) in [7, 11) is 0. The average Bonchev–Trinajstić information content (AvgIpc) is 3.26. The summed E-state index contributed by atoms with van der Waals surface area (Å²) >= 11 is 0. The van der Waals surface area contributed by atoms with Crippen LogP contribution in [0.4, 0.5) is 0 Å². The maximum absolute atomic E-state index is 12.4. The minimum absolute atomic E-state index is 0.0361. The first-order valence-corrected chi connectivity index (χ1v) is 27.1. The Morgan fingerprint density at radius 3 is 1.20 bits per heavy atom. The van der Waals surface area contributed by atoms with Crippen LogP contribution >= 0.6 is 0 Å². The third-order valence-electron chi connectivity index (χ3n) is 12.5.